The number of thiophene rings is 1. The molecule has 4 rings (SSSR count). The molecule has 110 valence electrons. The Labute approximate surface area is 134 Å². The van der Waals surface area contributed by atoms with Gasteiger partial charge in [-0.1, -0.05) is 5.21 Å². The zero-order valence-electron chi connectivity index (χ0n) is 11.6. The largest absolute Gasteiger partial charge is 0.439 e. The van der Waals surface area contributed by atoms with E-state index in [9.17, 15) is 0 Å². The maximum atomic E-state index is 5.45. The Morgan fingerprint density at radius 3 is 3.05 bits per heavy atom. The van der Waals surface area contributed by atoms with E-state index >= 15 is 0 Å². The minimum absolute atomic E-state index is 0.584. The van der Waals surface area contributed by atoms with E-state index in [0.29, 0.717) is 23.9 Å². The fourth-order valence-corrected chi connectivity index (χ4v) is 3.56. The monoisotopic (exact) mass is 329 g/mol. The van der Waals surface area contributed by atoms with Crippen molar-refractivity contribution in [1.82, 2.24) is 25.0 Å². The predicted molar refractivity (Wildman–Crippen MR) is 84.8 cm³/mol. The molecule has 0 aliphatic rings. The van der Waals surface area contributed by atoms with Crippen LogP contribution >= 0.6 is 22.7 Å². The summed E-state index contributed by atoms with van der Waals surface area (Å²) in [6.07, 6.45) is 3.49. The second-order valence-corrected chi connectivity index (χ2v) is 6.34. The molecule has 0 radical (unpaired) electrons. The molecule has 0 aliphatic heterocycles. The highest BCUT2D eigenvalue weighted by Crippen LogP contribution is 2.26. The van der Waals surface area contributed by atoms with Crippen molar-refractivity contribution >= 4 is 22.7 Å². The molecule has 0 saturated heterocycles. The summed E-state index contributed by atoms with van der Waals surface area (Å²) < 4.78 is 7.20. The van der Waals surface area contributed by atoms with Crippen molar-refractivity contribution in [3.05, 3.63) is 46.2 Å². The quantitative estimate of drug-likeness (QED) is 0.573. The molecular formula is C14H11N5OS2. The lowest BCUT2D eigenvalue weighted by atomic mass is 10.3. The van der Waals surface area contributed by atoms with Gasteiger partial charge in [-0.25, -0.2) is 14.6 Å². The van der Waals surface area contributed by atoms with Crippen LogP contribution in [0.4, 0.5) is 0 Å². The van der Waals surface area contributed by atoms with Gasteiger partial charge in [-0.15, -0.1) is 16.4 Å². The molecule has 0 N–H and O–H groups in total. The van der Waals surface area contributed by atoms with E-state index in [4.69, 9.17) is 4.42 Å². The van der Waals surface area contributed by atoms with Crippen LogP contribution in [0.25, 0.3) is 22.0 Å². The summed E-state index contributed by atoms with van der Waals surface area (Å²) >= 11 is 3.31. The summed E-state index contributed by atoms with van der Waals surface area (Å²) in [5.41, 5.74) is 2.81. The van der Waals surface area contributed by atoms with Crippen molar-refractivity contribution in [2.75, 3.05) is 0 Å². The molecular weight excluding hydrogens is 318 g/mol. The van der Waals surface area contributed by atoms with Gasteiger partial charge in [0.15, 0.2) is 11.7 Å². The molecule has 0 spiro atoms. The predicted octanol–water partition coefficient (Wildman–Crippen LogP) is 3.47. The minimum atomic E-state index is 0.584. The fourth-order valence-electron chi connectivity index (χ4n) is 2.03. The van der Waals surface area contributed by atoms with Crippen molar-refractivity contribution in [3.8, 4) is 22.0 Å². The van der Waals surface area contributed by atoms with Crippen LogP contribution in [0.1, 0.15) is 11.6 Å². The van der Waals surface area contributed by atoms with Crippen LogP contribution in [-0.2, 0) is 6.54 Å². The van der Waals surface area contributed by atoms with Gasteiger partial charge in [-0.2, -0.15) is 11.3 Å². The zero-order valence-corrected chi connectivity index (χ0v) is 13.3. The van der Waals surface area contributed by atoms with E-state index in [-0.39, 0.29) is 0 Å². The number of aromatic nitrogens is 5. The molecule has 0 bridgehead atoms. The number of rotatable bonds is 4. The molecule has 6 nitrogen and oxygen atoms in total. The van der Waals surface area contributed by atoms with Gasteiger partial charge >= 0.3 is 0 Å². The highest BCUT2D eigenvalue weighted by Gasteiger charge is 2.10. The molecule has 0 aromatic carbocycles. The number of hydrogen-bond acceptors (Lipinski definition) is 7. The number of nitrogens with zero attached hydrogens (tertiary/aromatic N) is 5. The van der Waals surface area contributed by atoms with Crippen LogP contribution in [-0.4, -0.2) is 25.0 Å². The van der Waals surface area contributed by atoms with Crippen LogP contribution in [0.3, 0.4) is 0 Å². The molecule has 0 fully saturated rings. The van der Waals surface area contributed by atoms with Crippen molar-refractivity contribution in [2.24, 2.45) is 0 Å². The fraction of sp³-hybridized carbons (Fsp3) is 0.143. The van der Waals surface area contributed by atoms with Gasteiger partial charge in [0.2, 0.25) is 0 Å². The van der Waals surface area contributed by atoms with E-state index in [1.54, 1.807) is 40.5 Å². The average Bonchev–Trinajstić information content (AvgIpc) is 3.26. The number of oxazole rings is 1. The molecule has 0 aliphatic carbocycles. The van der Waals surface area contributed by atoms with Crippen molar-refractivity contribution in [1.29, 1.82) is 0 Å². The van der Waals surface area contributed by atoms with Gasteiger partial charge in [0.1, 0.15) is 10.7 Å². The molecule has 4 aromatic rings. The number of thiazole rings is 1. The first-order chi connectivity index (χ1) is 10.8. The Bertz CT molecular complexity index is 890. The van der Waals surface area contributed by atoms with Crippen molar-refractivity contribution < 1.29 is 4.42 Å². The second-order valence-electron chi connectivity index (χ2n) is 4.70. The summed E-state index contributed by atoms with van der Waals surface area (Å²) in [5.74, 6) is 1.24. The van der Waals surface area contributed by atoms with Gasteiger partial charge in [0.05, 0.1) is 24.6 Å². The van der Waals surface area contributed by atoms with E-state index in [1.807, 2.05) is 11.6 Å². The number of hydrogen-bond donors (Lipinski definition) is 0. The van der Waals surface area contributed by atoms with Crippen LogP contribution in [0.15, 0.2) is 39.0 Å². The van der Waals surface area contributed by atoms with Crippen LogP contribution < -0.4 is 0 Å². The third-order valence-electron chi connectivity index (χ3n) is 3.06. The first-order valence-electron chi connectivity index (χ1n) is 6.58. The van der Waals surface area contributed by atoms with Crippen molar-refractivity contribution in [2.45, 2.75) is 13.5 Å². The Hall–Kier alpha value is -2.32. The lowest BCUT2D eigenvalue weighted by Crippen LogP contribution is -2.00. The molecule has 8 heteroatoms. The topological polar surface area (TPSA) is 69.6 Å². The molecule has 4 aromatic heterocycles. The van der Waals surface area contributed by atoms with Crippen LogP contribution in [0.5, 0.6) is 0 Å². The van der Waals surface area contributed by atoms with E-state index in [0.717, 1.165) is 16.3 Å². The molecule has 0 unspecified atom stereocenters. The van der Waals surface area contributed by atoms with Crippen LogP contribution in [0, 0.1) is 6.92 Å². The normalized spacial score (nSPS) is 11.1. The van der Waals surface area contributed by atoms with Gasteiger partial charge in [0, 0.05) is 23.2 Å². The van der Waals surface area contributed by atoms with Gasteiger partial charge in [-0.3, -0.25) is 0 Å². The Balaban J connectivity index is 1.53. The standard InChI is InChI=1S/C14H11N5OS2/c1-9-15-4-13(20-9)12-6-19(18-17-12)5-11-8-22-14(16-11)10-2-3-21-7-10/h2-4,6-8H,5H2,1H3. The molecule has 0 atom stereocenters. The summed E-state index contributed by atoms with van der Waals surface area (Å²) in [4.78, 5) is 8.70. The Morgan fingerprint density at radius 2 is 2.27 bits per heavy atom. The molecule has 0 saturated carbocycles. The SMILES string of the molecule is Cc1ncc(-c2cn(Cc3csc(-c4ccsc4)n3)nn2)o1. The average molecular weight is 329 g/mol. The minimum Gasteiger partial charge on any atom is -0.439 e. The first kappa shape index (κ1) is 13.4. The van der Waals surface area contributed by atoms with E-state index in [1.165, 1.54) is 0 Å². The highest BCUT2D eigenvalue weighted by molar-refractivity contribution is 7.14. The van der Waals surface area contributed by atoms with Crippen LogP contribution in [0.2, 0.25) is 0 Å². The highest BCUT2D eigenvalue weighted by atomic mass is 32.1. The maximum Gasteiger partial charge on any atom is 0.191 e. The maximum absolute atomic E-state index is 5.45. The van der Waals surface area contributed by atoms with Gasteiger partial charge in [0.25, 0.3) is 0 Å². The smallest absolute Gasteiger partial charge is 0.191 e. The third kappa shape index (κ3) is 2.58. The summed E-state index contributed by atoms with van der Waals surface area (Å²) in [5, 5.41) is 15.5. The molecule has 0 amide bonds. The van der Waals surface area contributed by atoms with Crippen molar-refractivity contribution in [3.63, 3.8) is 0 Å². The summed E-state index contributed by atoms with van der Waals surface area (Å²) in [6, 6.07) is 2.08. The summed E-state index contributed by atoms with van der Waals surface area (Å²) in [7, 11) is 0. The number of aryl methyl sites for hydroxylation is 1. The lowest BCUT2D eigenvalue weighted by Gasteiger charge is -1.95. The zero-order chi connectivity index (χ0) is 14.9. The van der Waals surface area contributed by atoms with Gasteiger partial charge < -0.3 is 4.42 Å². The summed E-state index contributed by atoms with van der Waals surface area (Å²) in [6.45, 7) is 2.38. The lowest BCUT2D eigenvalue weighted by molar-refractivity contribution is 0.532. The first-order valence-corrected chi connectivity index (χ1v) is 8.40. The second kappa shape index (κ2) is 5.47. The molecule has 22 heavy (non-hydrogen) atoms. The van der Waals surface area contributed by atoms with E-state index in [2.05, 4.69) is 37.1 Å². The molecule has 4 heterocycles. The van der Waals surface area contributed by atoms with E-state index < -0.39 is 0 Å². The van der Waals surface area contributed by atoms with Gasteiger partial charge in [-0.05, 0) is 11.4 Å². The Kier molecular flexibility index (Phi) is 3.32. The Morgan fingerprint density at radius 1 is 1.32 bits per heavy atom. The third-order valence-corrected chi connectivity index (χ3v) is 4.68.